The van der Waals surface area contributed by atoms with Gasteiger partial charge in [-0.2, -0.15) is 0 Å². The second-order valence-electron chi connectivity index (χ2n) is 4.33. The molecule has 0 saturated carbocycles. The molecular formula is C15H15ClN2O. The van der Waals surface area contributed by atoms with Crippen LogP contribution in [0.3, 0.4) is 0 Å². The van der Waals surface area contributed by atoms with Crippen molar-refractivity contribution in [1.82, 2.24) is 5.32 Å². The predicted molar refractivity (Wildman–Crippen MR) is 77.9 cm³/mol. The van der Waals surface area contributed by atoms with Gasteiger partial charge in [0.05, 0.1) is 6.42 Å². The molecule has 98 valence electrons. The van der Waals surface area contributed by atoms with Crippen LogP contribution < -0.4 is 11.1 Å². The summed E-state index contributed by atoms with van der Waals surface area (Å²) in [6, 6.07) is 14.7. The molecule has 0 radical (unpaired) electrons. The number of amides is 1. The smallest absolute Gasteiger partial charge is 0.224 e. The Morgan fingerprint density at radius 2 is 1.84 bits per heavy atom. The van der Waals surface area contributed by atoms with Gasteiger partial charge in [0, 0.05) is 17.3 Å². The van der Waals surface area contributed by atoms with Crippen molar-refractivity contribution in [1.29, 1.82) is 0 Å². The minimum atomic E-state index is -0.0234. The van der Waals surface area contributed by atoms with Crippen LogP contribution >= 0.6 is 11.6 Å². The van der Waals surface area contributed by atoms with E-state index in [4.69, 9.17) is 17.3 Å². The summed E-state index contributed by atoms with van der Waals surface area (Å²) in [5.74, 6) is -0.0234. The normalized spacial score (nSPS) is 10.2. The fraction of sp³-hybridized carbons (Fsp3) is 0.133. The van der Waals surface area contributed by atoms with E-state index in [1.54, 1.807) is 18.2 Å². The first-order chi connectivity index (χ1) is 9.13. The summed E-state index contributed by atoms with van der Waals surface area (Å²) < 4.78 is 0. The Morgan fingerprint density at radius 1 is 1.11 bits per heavy atom. The first-order valence-electron chi connectivity index (χ1n) is 5.99. The zero-order valence-corrected chi connectivity index (χ0v) is 11.2. The van der Waals surface area contributed by atoms with Crippen molar-refractivity contribution in [3.8, 4) is 0 Å². The Morgan fingerprint density at radius 3 is 2.53 bits per heavy atom. The van der Waals surface area contributed by atoms with Gasteiger partial charge in [-0.3, -0.25) is 4.79 Å². The molecule has 0 aromatic heterocycles. The lowest BCUT2D eigenvalue weighted by molar-refractivity contribution is -0.120. The van der Waals surface area contributed by atoms with Gasteiger partial charge in [-0.25, -0.2) is 0 Å². The molecule has 2 aromatic rings. The Kier molecular flexibility index (Phi) is 4.42. The monoisotopic (exact) mass is 274 g/mol. The number of rotatable bonds is 4. The molecule has 0 atom stereocenters. The number of benzene rings is 2. The highest BCUT2D eigenvalue weighted by Crippen LogP contribution is 2.10. The van der Waals surface area contributed by atoms with E-state index >= 15 is 0 Å². The highest BCUT2D eigenvalue weighted by molar-refractivity contribution is 6.30. The Hall–Kier alpha value is -2.00. The van der Waals surface area contributed by atoms with E-state index in [1.165, 1.54) is 0 Å². The van der Waals surface area contributed by atoms with Gasteiger partial charge in [-0.05, 0) is 35.4 Å². The van der Waals surface area contributed by atoms with Gasteiger partial charge >= 0.3 is 0 Å². The average molecular weight is 275 g/mol. The molecule has 0 saturated heterocycles. The molecule has 4 heteroatoms. The summed E-state index contributed by atoms with van der Waals surface area (Å²) in [4.78, 5) is 11.8. The van der Waals surface area contributed by atoms with Crippen LogP contribution in [0.2, 0.25) is 5.02 Å². The largest absolute Gasteiger partial charge is 0.399 e. The molecule has 0 heterocycles. The first kappa shape index (κ1) is 13.4. The van der Waals surface area contributed by atoms with E-state index < -0.39 is 0 Å². The maximum absolute atomic E-state index is 11.8. The summed E-state index contributed by atoms with van der Waals surface area (Å²) in [6.07, 6.45) is 0.348. The zero-order valence-electron chi connectivity index (χ0n) is 10.4. The van der Waals surface area contributed by atoms with Crippen molar-refractivity contribution in [2.24, 2.45) is 0 Å². The molecule has 3 nitrogen and oxygen atoms in total. The van der Waals surface area contributed by atoms with Crippen LogP contribution in [0.5, 0.6) is 0 Å². The topological polar surface area (TPSA) is 55.1 Å². The quantitative estimate of drug-likeness (QED) is 0.843. The van der Waals surface area contributed by atoms with E-state index in [0.29, 0.717) is 23.7 Å². The number of hydrogen-bond donors (Lipinski definition) is 2. The fourth-order valence-electron chi connectivity index (χ4n) is 1.73. The molecule has 19 heavy (non-hydrogen) atoms. The van der Waals surface area contributed by atoms with Gasteiger partial charge < -0.3 is 11.1 Å². The standard InChI is InChI=1S/C15H15ClN2O/c16-13-3-1-2-12(8-13)10-18-15(19)9-11-4-6-14(17)7-5-11/h1-8H,9-10,17H2,(H,18,19). The lowest BCUT2D eigenvalue weighted by Crippen LogP contribution is -2.24. The van der Waals surface area contributed by atoms with E-state index in [-0.39, 0.29) is 5.91 Å². The second-order valence-corrected chi connectivity index (χ2v) is 4.76. The second kappa shape index (κ2) is 6.25. The number of halogens is 1. The molecule has 3 N–H and O–H groups in total. The van der Waals surface area contributed by atoms with E-state index in [0.717, 1.165) is 11.1 Å². The SMILES string of the molecule is Nc1ccc(CC(=O)NCc2cccc(Cl)c2)cc1. The minimum Gasteiger partial charge on any atom is -0.399 e. The Bertz CT molecular complexity index is 567. The lowest BCUT2D eigenvalue weighted by atomic mass is 10.1. The third-order valence-electron chi connectivity index (χ3n) is 2.72. The molecule has 0 aliphatic carbocycles. The molecule has 2 aromatic carbocycles. The van der Waals surface area contributed by atoms with Crippen molar-refractivity contribution < 1.29 is 4.79 Å². The van der Waals surface area contributed by atoms with Crippen LogP contribution in [0.15, 0.2) is 48.5 Å². The number of anilines is 1. The average Bonchev–Trinajstić information content (AvgIpc) is 2.39. The molecule has 0 aliphatic rings. The molecular weight excluding hydrogens is 260 g/mol. The van der Waals surface area contributed by atoms with Gasteiger partial charge in [0.15, 0.2) is 0 Å². The van der Waals surface area contributed by atoms with Crippen LogP contribution in [0, 0.1) is 0 Å². The molecule has 0 spiro atoms. The number of hydrogen-bond acceptors (Lipinski definition) is 2. The molecule has 1 amide bonds. The molecule has 0 bridgehead atoms. The van der Waals surface area contributed by atoms with Gasteiger partial charge in [0.25, 0.3) is 0 Å². The molecule has 0 fully saturated rings. The summed E-state index contributed by atoms with van der Waals surface area (Å²) >= 11 is 5.88. The number of nitrogen functional groups attached to an aromatic ring is 1. The Balaban J connectivity index is 1.86. The molecule has 0 aliphatic heterocycles. The van der Waals surface area contributed by atoms with E-state index in [2.05, 4.69) is 5.32 Å². The fourth-order valence-corrected chi connectivity index (χ4v) is 1.94. The number of carbonyl (C=O) groups is 1. The lowest BCUT2D eigenvalue weighted by Gasteiger charge is -2.06. The molecule has 2 rings (SSSR count). The maximum Gasteiger partial charge on any atom is 0.224 e. The highest BCUT2D eigenvalue weighted by Gasteiger charge is 2.03. The minimum absolute atomic E-state index is 0.0234. The van der Waals surface area contributed by atoms with E-state index in [1.807, 2.05) is 30.3 Å². The van der Waals surface area contributed by atoms with Gasteiger partial charge in [0.1, 0.15) is 0 Å². The maximum atomic E-state index is 11.8. The predicted octanol–water partition coefficient (Wildman–Crippen LogP) is 2.78. The van der Waals surface area contributed by atoms with Crippen molar-refractivity contribution in [2.75, 3.05) is 5.73 Å². The van der Waals surface area contributed by atoms with Crippen LogP contribution in [-0.4, -0.2) is 5.91 Å². The zero-order chi connectivity index (χ0) is 13.7. The van der Waals surface area contributed by atoms with Crippen molar-refractivity contribution in [3.05, 3.63) is 64.7 Å². The van der Waals surface area contributed by atoms with Gasteiger partial charge in [-0.15, -0.1) is 0 Å². The summed E-state index contributed by atoms with van der Waals surface area (Å²) in [7, 11) is 0. The van der Waals surface area contributed by atoms with Crippen molar-refractivity contribution in [3.63, 3.8) is 0 Å². The van der Waals surface area contributed by atoms with Gasteiger partial charge in [0.2, 0.25) is 5.91 Å². The third-order valence-corrected chi connectivity index (χ3v) is 2.96. The summed E-state index contributed by atoms with van der Waals surface area (Å²) in [6.45, 7) is 0.481. The number of nitrogens with one attached hydrogen (secondary N) is 1. The van der Waals surface area contributed by atoms with Crippen LogP contribution in [-0.2, 0) is 17.8 Å². The molecule has 0 unspecified atom stereocenters. The van der Waals surface area contributed by atoms with Crippen molar-refractivity contribution in [2.45, 2.75) is 13.0 Å². The third kappa shape index (κ3) is 4.30. The number of nitrogens with two attached hydrogens (primary N) is 1. The summed E-state index contributed by atoms with van der Waals surface area (Å²) in [5.41, 5.74) is 8.22. The van der Waals surface area contributed by atoms with Crippen molar-refractivity contribution >= 4 is 23.2 Å². The Labute approximate surface area is 117 Å². The first-order valence-corrected chi connectivity index (χ1v) is 6.37. The van der Waals surface area contributed by atoms with E-state index in [9.17, 15) is 4.79 Å². The van der Waals surface area contributed by atoms with Gasteiger partial charge in [-0.1, -0.05) is 35.9 Å². The number of carbonyl (C=O) groups excluding carboxylic acids is 1. The summed E-state index contributed by atoms with van der Waals surface area (Å²) in [5, 5.41) is 3.53. The van der Waals surface area contributed by atoms with Crippen LogP contribution in [0.4, 0.5) is 5.69 Å². The van der Waals surface area contributed by atoms with Crippen LogP contribution in [0.25, 0.3) is 0 Å². The highest BCUT2D eigenvalue weighted by atomic mass is 35.5. The van der Waals surface area contributed by atoms with Crippen LogP contribution in [0.1, 0.15) is 11.1 Å².